The highest BCUT2D eigenvalue weighted by molar-refractivity contribution is 7.80. The number of alkyl halides is 3. The van der Waals surface area contributed by atoms with Gasteiger partial charge in [-0.1, -0.05) is 41.4 Å². The van der Waals surface area contributed by atoms with Gasteiger partial charge in [0.1, 0.15) is 0 Å². The molecular weight excluding hydrogens is 500 g/mol. The van der Waals surface area contributed by atoms with Gasteiger partial charge in [0.15, 0.2) is 0 Å². The summed E-state index contributed by atoms with van der Waals surface area (Å²) in [6, 6.07) is 17.7. The van der Waals surface area contributed by atoms with E-state index in [1.54, 1.807) is 48.5 Å². The molecule has 33 heavy (non-hydrogen) atoms. The molecule has 0 fully saturated rings. The third-order valence-corrected chi connectivity index (χ3v) is 4.98. The third kappa shape index (κ3) is 6.28. The maximum atomic E-state index is 12.2. The van der Waals surface area contributed by atoms with E-state index in [0.717, 1.165) is 16.7 Å². The van der Waals surface area contributed by atoms with Crippen LogP contribution in [0.4, 0.5) is 13.2 Å². The molecule has 0 aliphatic rings. The van der Waals surface area contributed by atoms with E-state index >= 15 is 0 Å². The van der Waals surface area contributed by atoms with Gasteiger partial charge in [-0.05, 0) is 54.6 Å². The fourth-order valence-corrected chi connectivity index (χ4v) is 3.15. The predicted molar refractivity (Wildman–Crippen MR) is 123 cm³/mol. The summed E-state index contributed by atoms with van der Waals surface area (Å²) in [6.45, 7) is 0. The van der Waals surface area contributed by atoms with E-state index in [1.807, 2.05) is 0 Å². The average molecular weight is 513 g/mol. The lowest BCUT2D eigenvalue weighted by molar-refractivity contribution is -0.137. The summed E-state index contributed by atoms with van der Waals surface area (Å²) in [5, 5.41) is 0.439. The molecule has 3 aromatic carbocycles. The number of nitrogens with zero attached hydrogens (tertiary/aromatic N) is 2. The topological polar surface area (TPSA) is 65.1 Å². The summed E-state index contributed by atoms with van der Waals surface area (Å²) in [5.74, 6) is -0.940. The molecule has 0 N–H and O–H groups in total. The minimum absolute atomic E-state index is 0.0971. The highest BCUT2D eigenvalue weighted by Gasteiger charge is 2.30. The normalized spacial score (nSPS) is 11.0. The van der Waals surface area contributed by atoms with E-state index in [4.69, 9.17) is 27.6 Å². The molecule has 0 aliphatic carbocycles. The van der Waals surface area contributed by atoms with Crippen molar-refractivity contribution in [1.82, 2.24) is 9.55 Å². The summed E-state index contributed by atoms with van der Waals surface area (Å²) in [7, 11) is 0. The van der Waals surface area contributed by atoms with Crippen molar-refractivity contribution in [3.8, 4) is 17.1 Å². The number of halogens is 5. The van der Waals surface area contributed by atoms with Gasteiger partial charge in [-0.25, -0.2) is 9.59 Å². The van der Waals surface area contributed by atoms with Crippen molar-refractivity contribution in [3.63, 3.8) is 0 Å². The minimum atomic E-state index is -4.30. The number of thiol groups is 1. The Morgan fingerprint density at radius 1 is 0.909 bits per heavy atom. The maximum absolute atomic E-state index is 12.2. The first-order valence-corrected chi connectivity index (χ1v) is 10.3. The number of rotatable bonds is 2. The molecule has 0 atom stereocenters. The van der Waals surface area contributed by atoms with Crippen LogP contribution in [-0.2, 0) is 6.18 Å². The van der Waals surface area contributed by atoms with Crippen molar-refractivity contribution in [3.05, 3.63) is 109 Å². The van der Waals surface area contributed by atoms with Crippen molar-refractivity contribution in [2.45, 2.75) is 11.1 Å². The van der Waals surface area contributed by atoms with E-state index in [-0.39, 0.29) is 10.9 Å². The van der Waals surface area contributed by atoms with Crippen molar-refractivity contribution in [2.75, 3.05) is 0 Å². The highest BCUT2D eigenvalue weighted by atomic mass is 35.5. The number of hydrogen-bond acceptors (Lipinski definition) is 5. The van der Waals surface area contributed by atoms with Gasteiger partial charge in [0, 0.05) is 9.92 Å². The second kappa shape index (κ2) is 10.3. The lowest BCUT2D eigenvalue weighted by atomic mass is 10.2. The van der Waals surface area contributed by atoms with Crippen LogP contribution in [0.25, 0.3) is 17.1 Å². The Morgan fingerprint density at radius 2 is 1.58 bits per heavy atom. The van der Waals surface area contributed by atoms with Gasteiger partial charge in [-0.3, -0.25) is 0 Å². The standard InChI is InChI=1S/C15H9ClN2O3S.C7H4ClF3/c16-12-4-2-1-3-11(12)13-17-14(19)18(15(20)21-13)9-5-7-10(22)8-6-9;8-6-3-1-2-5(4-6)7(9,10)11/h1-8,22H;1-4H. The van der Waals surface area contributed by atoms with Gasteiger partial charge in [0.25, 0.3) is 0 Å². The van der Waals surface area contributed by atoms with E-state index in [9.17, 15) is 22.8 Å². The molecular formula is C22H13Cl2F3N2O3S. The smallest absolute Gasteiger partial charge is 0.390 e. The van der Waals surface area contributed by atoms with Crippen molar-refractivity contribution in [2.24, 2.45) is 0 Å². The van der Waals surface area contributed by atoms with Gasteiger partial charge < -0.3 is 4.42 Å². The van der Waals surface area contributed by atoms with Gasteiger partial charge >= 0.3 is 17.6 Å². The number of hydrogen-bond donors (Lipinski definition) is 1. The molecule has 0 unspecified atom stereocenters. The SMILES string of the molecule is FC(F)(F)c1cccc(Cl)c1.O=c1nc(-c2ccccc2Cl)oc(=O)n1-c1ccc(S)cc1. The fraction of sp³-hybridized carbons (Fsp3) is 0.0455. The Labute approximate surface area is 200 Å². The van der Waals surface area contributed by atoms with E-state index < -0.39 is 23.2 Å². The minimum Gasteiger partial charge on any atom is -0.390 e. The Hall–Kier alpha value is -3.01. The zero-order chi connectivity index (χ0) is 24.2. The summed E-state index contributed by atoms with van der Waals surface area (Å²) in [4.78, 5) is 28.8. The van der Waals surface area contributed by atoms with Crippen molar-refractivity contribution in [1.29, 1.82) is 0 Å². The molecule has 0 bridgehead atoms. The molecule has 0 aliphatic heterocycles. The first-order valence-electron chi connectivity index (χ1n) is 9.07. The van der Waals surface area contributed by atoms with Gasteiger partial charge in [0.2, 0.25) is 5.89 Å². The Bertz CT molecular complexity index is 1360. The van der Waals surface area contributed by atoms with Crippen LogP contribution >= 0.6 is 35.8 Å². The van der Waals surface area contributed by atoms with Crippen molar-refractivity contribution >= 4 is 35.8 Å². The van der Waals surface area contributed by atoms with Gasteiger partial charge in [-0.2, -0.15) is 22.7 Å². The lowest BCUT2D eigenvalue weighted by Crippen LogP contribution is -2.33. The number of benzene rings is 3. The van der Waals surface area contributed by atoms with Crippen LogP contribution in [0, 0.1) is 0 Å². The van der Waals surface area contributed by atoms with Crippen LogP contribution in [-0.4, -0.2) is 9.55 Å². The highest BCUT2D eigenvalue weighted by Crippen LogP contribution is 2.30. The van der Waals surface area contributed by atoms with Crippen molar-refractivity contribution < 1.29 is 17.6 Å². The van der Waals surface area contributed by atoms with Crippen LogP contribution in [0.1, 0.15) is 5.56 Å². The monoisotopic (exact) mass is 512 g/mol. The molecule has 0 spiro atoms. The van der Waals surface area contributed by atoms with E-state index in [0.29, 0.717) is 21.2 Å². The van der Waals surface area contributed by atoms with Crippen LogP contribution < -0.4 is 11.4 Å². The molecule has 1 heterocycles. The zero-order valence-corrected chi connectivity index (χ0v) is 18.8. The Balaban J connectivity index is 0.000000235. The van der Waals surface area contributed by atoms with Crippen LogP contribution in [0.2, 0.25) is 10.0 Å². The second-order valence-corrected chi connectivity index (χ2v) is 7.77. The summed E-state index contributed by atoms with van der Waals surface area (Å²) in [6.07, 6.45) is -4.30. The molecule has 0 saturated heterocycles. The zero-order valence-electron chi connectivity index (χ0n) is 16.4. The van der Waals surface area contributed by atoms with E-state index in [2.05, 4.69) is 17.6 Å². The third-order valence-electron chi connectivity index (χ3n) is 4.12. The molecule has 170 valence electrons. The fourth-order valence-electron chi connectivity index (χ4n) is 2.60. The molecule has 4 aromatic rings. The first kappa shape index (κ1) is 24.6. The molecule has 11 heteroatoms. The van der Waals surface area contributed by atoms with Gasteiger partial charge in [0.05, 0.1) is 21.8 Å². The maximum Gasteiger partial charge on any atom is 0.429 e. The van der Waals surface area contributed by atoms with Gasteiger partial charge in [-0.15, -0.1) is 12.6 Å². The van der Waals surface area contributed by atoms with Crippen LogP contribution in [0.3, 0.4) is 0 Å². The molecule has 5 nitrogen and oxygen atoms in total. The lowest BCUT2D eigenvalue weighted by Gasteiger charge is -2.05. The predicted octanol–water partition coefficient (Wildman–Crippen LogP) is 6.15. The van der Waals surface area contributed by atoms with E-state index in [1.165, 1.54) is 12.1 Å². The molecule has 0 amide bonds. The summed E-state index contributed by atoms with van der Waals surface area (Å²) in [5.41, 5.74) is -0.714. The Kier molecular flexibility index (Phi) is 7.68. The van der Waals surface area contributed by atoms with Crippen LogP contribution in [0.5, 0.6) is 0 Å². The molecule has 4 rings (SSSR count). The average Bonchev–Trinajstić information content (AvgIpc) is 2.75. The molecule has 0 saturated carbocycles. The molecule has 1 aromatic heterocycles. The Morgan fingerprint density at radius 3 is 2.12 bits per heavy atom. The second-order valence-electron chi connectivity index (χ2n) is 6.41. The van der Waals surface area contributed by atoms with Crippen LogP contribution in [0.15, 0.2) is 91.7 Å². The quantitative estimate of drug-likeness (QED) is 0.327. The molecule has 0 radical (unpaired) electrons. The first-order chi connectivity index (χ1) is 15.6. The largest absolute Gasteiger partial charge is 0.429 e. The summed E-state index contributed by atoms with van der Waals surface area (Å²) >= 11 is 15.5. The number of aromatic nitrogens is 2. The summed E-state index contributed by atoms with van der Waals surface area (Å²) < 4.78 is 41.7.